The molecule has 8 heteroatoms. The molecule has 0 spiro atoms. The van der Waals surface area contributed by atoms with Crippen molar-refractivity contribution in [1.82, 2.24) is 9.88 Å². The molecule has 6 nitrogen and oxygen atoms in total. The Hall–Kier alpha value is -1.77. The number of carbonyl (C=O) groups excluding carboxylic acids is 2. The van der Waals surface area contributed by atoms with E-state index < -0.39 is 18.3 Å². The number of hydrogen-bond donors (Lipinski definition) is 0. The first-order valence-electron chi connectivity index (χ1n) is 10.5. The number of aromatic nitrogens is 1. The normalized spacial score (nSPS) is 29.6. The third-order valence-corrected chi connectivity index (χ3v) is 8.95. The maximum absolute atomic E-state index is 12.9. The van der Waals surface area contributed by atoms with E-state index in [1.165, 1.54) is 4.90 Å². The van der Waals surface area contributed by atoms with E-state index in [4.69, 9.17) is 9.31 Å². The van der Waals surface area contributed by atoms with Crippen molar-refractivity contribution in [3.63, 3.8) is 0 Å². The Labute approximate surface area is 181 Å². The van der Waals surface area contributed by atoms with Crippen molar-refractivity contribution >= 4 is 45.9 Å². The lowest BCUT2D eigenvalue weighted by Crippen LogP contribution is -2.41. The standard InChI is InChI=1S/C22H27BN2O4S/c1-11(25-18(26)15-16(19(25)27)20(15,2)3)14-10-13-17(30-14)12(8-9-24-13)23-28-21(4,5)22(6,7)29-23/h8-11,15-16H,1-7H3. The zero-order valence-corrected chi connectivity index (χ0v) is 19.3. The largest absolute Gasteiger partial charge is 0.496 e. The van der Waals surface area contributed by atoms with Gasteiger partial charge in [-0.1, -0.05) is 13.8 Å². The Balaban J connectivity index is 1.48. The van der Waals surface area contributed by atoms with Crippen molar-refractivity contribution in [2.45, 2.75) is 65.7 Å². The van der Waals surface area contributed by atoms with Gasteiger partial charge in [-0.2, -0.15) is 0 Å². The highest BCUT2D eigenvalue weighted by atomic mass is 32.1. The number of rotatable bonds is 3. The van der Waals surface area contributed by atoms with Gasteiger partial charge in [0.15, 0.2) is 0 Å². The average Bonchev–Trinajstić information content (AvgIpc) is 2.92. The van der Waals surface area contributed by atoms with Crippen LogP contribution in [0.5, 0.6) is 0 Å². The van der Waals surface area contributed by atoms with Crippen LogP contribution in [0.1, 0.15) is 59.4 Å². The van der Waals surface area contributed by atoms with Crippen molar-refractivity contribution in [1.29, 1.82) is 0 Å². The molecule has 0 aromatic carbocycles. The lowest BCUT2D eigenvalue weighted by Gasteiger charge is -2.32. The van der Waals surface area contributed by atoms with Crippen molar-refractivity contribution < 1.29 is 18.9 Å². The first kappa shape index (κ1) is 20.2. The number of thiophene rings is 1. The van der Waals surface area contributed by atoms with Gasteiger partial charge in [0, 0.05) is 16.5 Å². The fraction of sp³-hybridized carbons (Fsp3) is 0.591. The minimum absolute atomic E-state index is 0.0425. The molecule has 4 heterocycles. The van der Waals surface area contributed by atoms with Gasteiger partial charge >= 0.3 is 7.12 Å². The number of hydrogen-bond acceptors (Lipinski definition) is 6. The van der Waals surface area contributed by atoms with Gasteiger partial charge in [0.2, 0.25) is 11.8 Å². The van der Waals surface area contributed by atoms with E-state index in [1.54, 1.807) is 17.5 Å². The van der Waals surface area contributed by atoms with Gasteiger partial charge in [-0.25, -0.2) is 0 Å². The van der Waals surface area contributed by atoms with E-state index in [0.29, 0.717) is 0 Å². The molecule has 0 radical (unpaired) electrons. The summed E-state index contributed by atoms with van der Waals surface area (Å²) in [4.78, 5) is 32.7. The van der Waals surface area contributed by atoms with Crippen molar-refractivity contribution in [3.05, 3.63) is 23.2 Å². The van der Waals surface area contributed by atoms with Gasteiger partial charge in [0.05, 0.1) is 39.3 Å². The fourth-order valence-corrected chi connectivity index (χ4v) is 5.99. The second-order valence-electron chi connectivity index (χ2n) is 10.4. The predicted molar refractivity (Wildman–Crippen MR) is 116 cm³/mol. The molecule has 2 amide bonds. The summed E-state index contributed by atoms with van der Waals surface area (Å²) in [6, 6.07) is 3.60. The summed E-state index contributed by atoms with van der Waals surface area (Å²) in [5.74, 6) is -0.418. The second kappa shape index (κ2) is 5.93. The zero-order chi connectivity index (χ0) is 21.8. The maximum atomic E-state index is 12.9. The lowest BCUT2D eigenvalue weighted by molar-refractivity contribution is -0.145. The summed E-state index contributed by atoms with van der Waals surface area (Å²) < 4.78 is 13.5. The van der Waals surface area contributed by atoms with Crippen LogP contribution >= 0.6 is 11.3 Å². The molecule has 0 N–H and O–H groups in total. The van der Waals surface area contributed by atoms with E-state index in [1.807, 2.05) is 60.6 Å². The maximum Gasteiger partial charge on any atom is 0.496 e. The number of carbonyl (C=O) groups is 2. The smallest absolute Gasteiger partial charge is 0.399 e. The molecule has 1 aliphatic carbocycles. The Kier molecular flexibility index (Phi) is 3.98. The van der Waals surface area contributed by atoms with Crippen LogP contribution < -0.4 is 5.46 Å². The number of fused-ring (bicyclic) bond motifs is 2. The molecule has 3 aliphatic rings. The SMILES string of the molecule is CC(c1cc2nccc(B3OC(C)(C)C(C)(C)O3)c2s1)N1C(=O)C2C(C1=O)C2(C)C. The summed E-state index contributed by atoms with van der Waals surface area (Å²) in [6.45, 7) is 14.1. The molecule has 2 saturated heterocycles. The van der Waals surface area contributed by atoms with Crippen LogP contribution in [0, 0.1) is 17.3 Å². The number of nitrogens with zero attached hydrogens (tertiary/aromatic N) is 2. The Morgan fingerprint density at radius 1 is 1.07 bits per heavy atom. The molecule has 0 bridgehead atoms. The molecular formula is C22H27BN2O4S. The molecule has 2 aliphatic heterocycles. The second-order valence-corrected chi connectivity index (χ2v) is 11.4. The summed E-state index contributed by atoms with van der Waals surface area (Å²) in [7, 11) is -0.481. The van der Waals surface area contributed by atoms with Gasteiger partial charge < -0.3 is 9.31 Å². The van der Waals surface area contributed by atoms with Crippen LogP contribution in [0.3, 0.4) is 0 Å². The highest BCUT2D eigenvalue weighted by Gasteiger charge is 2.73. The molecule has 3 unspecified atom stereocenters. The predicted octanol–water partition coefficient (Wildman–Crippen LogP) is 3.30. The van der Waals surface area contributed by atoms with Crippen molar-refractivity contribution in [2.24, 2.45) is 17.3 Å². The molecule has 30 heavy (non-hydrogen) atoms. The van der Waals surface area contributed by atoms with E-state index in [9.17, 15) is 9.59 Å². The third kappa shape index (κ3) is 2.53. The number of pyridine rings is 1. The van der Waals surface area contributed by atoms with E-state index in [-0.39, 0.29) is 35.1 Å². The molecule has 3 fully saturated rings. The van der Waals surface area contributed by atoms with E-state index >= 15 is 0 Å². The lowest BCUT2D eigenvalue weighted by atomic mass is 9.79. The topological polar surface area (TPSA) is 68.7 Å². The van der Waals surface area contributed by atoms with Gasteiger partial charge in [0.25, 0.3) is 0 Å². The number of amides is 2. The van der Waals surface area contributed by atoms with Crippen LogP contribution in [-0.4, -0.2) is 40.0 Å². The van der Waals surface area contributed by atoms with Crippen LogP contribution in [0.25, 0.3) is 10.2 Å². The molecule has 2 aromatic heterocycles. The van der Waals surface area contributed by atoms with Crippen molar-refractivity contribution in [3.8, 4) is 0 Å². The zero-order valence-electron chi connectivity index (χ0n) is 18.5. The van der Waals surface area contributed by atoms with E-state index in [2.05, 4.69) is 4.98 Å². The Morgan fingerprint density at radius 3 is 2.20 bits per heavy atom. The Bertz CT molecular complexity index is 1050. The third-order valence-electron chi connectivity index (χ3n) is 7.60. The molecular weight excluding hydrogens is 399 g/mol. The number of likely N-dealkylation sites (tertiary alicyclic amines) is 1. The first-order chi connectivity index (χ1) is 13.9. The summed E-state index contributed by atoms with van der Waals surface area (Å²) in [6.07, 6.45) is 1.76. The molecule has 2 aromatic rings. The van der Waals surface area contributed by atoms with Crippen molar-refractivity contribution in [2.75, 3.05) is 0 Å². The van der Waals surface area contributed by atoms with Gasteiger partial charge in [-0.3, -0.25) is 19.5 Å². The first-order valence-corrected chi connectivity index (χ1v) is 11.3. The number of imide groups is 1. The van der Waals surface area contributed by atoms with Crippen LogP contribution in [0.4, 0.5) is 0 Å². The molecule has 3 atom stereocenters. The minimum atomic E-state index is -0.481. The summed E-state index contributed by atoms with van der Waals surface area (Å²) in [5, 5.41) is 0. The summed E-state index contributed by atoms with van der Waals surface area (Å²) in [5.41, 5.74) is 0.714. The van der Waals surface area contributed by atoms with Crippen LogP contribution in [0.15, 0.2) is 18.3 Å². The minimum Gasteiger partial charge on any atom is -0.399 e. The number of piperidine rings is 1. The monoisotopic (exact) mass is 426 g/mol. The molecule has 158 valence electrons. The van der Waals surface area contributed by atoms with E-state index in [0.717, 1.165) is 20.6 Å². The average molecular weight is 426 g/mol. The fourth-order valence-electron chi connectivity index (χ4n) is 4.81. The molecule has 5 rings (SSSR count). The molecule has 1 saturated carbocycles. The van der Waals surface area contributed by atoms with Gasteiger partial charge in [-0.15, -0.1) is 11.3 Å². The summed E-state index contributed by atoms with van der Waals surface area (Å²) >= 11 is 1.56. The highest BCUT2D eigenvalue weighted by Crippen LogP contribution is 2.64. The van der Waals surface area contributed by atoms with Gasteiger partial charge in [-0.05, 0) is 52.2 Å². The quantitative estimate of drug-likeness (QED) is 0.557. The van der Waals surface area contributed by atoms with Crippen LogP contribution in [-0.2, 0) is 18.9 Å². The Morgan fingerprint density at radius 2 is 1.63 bits per heavy atom. The van der Waals surface area contributed by atoms with Crippen LogP contribution in [0.2, 0.25) is 0 Å². The van der Waals surface area contributed by atoms with Gasteiger partial charge in [0.1, 0.15) is 0 Å². The highest BCUT2D eigenvalue weighted by molar-refractivity contribution is 7.20.